The Kier molecular flexibility index (Phi) is 7.74. The van der Waals surface area contributed by atoms with E-state index in [-0.39, 0.29) is 5.41 Å². The van der Waals surface area contributed by atoms with E-state index in [9.17, 15) is 0 Å². The molecule has 8 aromatic rings. The van der Waals surface area contributed by atoms with Crippen LogP contribution in [0, 0.1) is 0 Å². The van der Waals surface area contributed by atoms with Gasteiger partial charge in [-0.2, -0.15) is 0 Å². The Morgan fingerprint density at radius 2 is 0.827 bits per heavy atom. The highest BCUT2D eigenvalue weighted by Gasteiger charge is 2.38. The second kappa shape index (κ2) is 12.9. The van der Waals surface area contributed by atoms with Crippen molar-refractivity contribution in [3.8, 4) is 56.4 Å². The Hall–Kier alpha value is -6.72. The van der Waals surface area contributed by atoms with Gasteiger partial charge in [-0.15, -0.1) is 0 Å². The normalized spacial score (nSPS) is 12.9. The van der Waals surface area contributed by atoms with Gasteiger partial charge in [-0.25, -0.2) is 19.9 Å². The average Bonchev–Trinajstić information content (AvgIpc) is 3.22. The van der Waals surface area contributed by atoms with Gasteiger partial charge in [0.25, 0.3) is 0 Å². The minimum atomic E-state index is -0.216. The lowest BCUT2D eigenvalue weighted by Gasteiger charge is -2.41. The second-order valence-electron chi connectivity index (χ2n) is 13.5. The first-order chi connectivity index (χ1) is 25.6. The fraction of sp³-hybridized carbons (Fsp3) is 0.0638. The summed E-state index contributed by atoms with van der Waals surface area (Å²) in [7, 11) is 0. The molecule has 0 unspecified atom stereocenters. The lowest BCUT2D eigenvalue weighted by atomic mass is 9.73. The van der Waals surface area contributed by atoms with E-state index in [0.717, 1.165) is 56.1 Å². The van der Waals surface area contributed by atoms with Gasteiger partial charge in [0.05, 0.1) is 16.9 Å². The van der Waals surface area contributed by atoms with Crippen LogP contribution in [-0.4, -0.2) is 19.9 Å². The first-order valence-electron chi connectivity index (χ1n) is 17.6. The number of aromatic nitrogens is 4. The van der Waals surface area contributed by atoms with Gasteiger partial charge in [0.2, 0.25) is 0 Å². The van der Waals surface area contributed by atoms with Crippen molar-refractivity contribution in [1.82, 2.24) is 19.9 Å². The maximum absolute atomic E-state index is 5.37. The number of hydrogen-bond acceptors (Lipinski definition) is 5. The second-order valence-corrected chi connectivity index (χ2v) is 13.5. The third-order valence-corrected chi connectivity index (χ3v) is 9.98. The molecule has 5 heteroatoms. The quantitative estimate of drug-likeness (QED) is 0.176. The molecule has 248 valence electrons. The van der Waals surface area contributed by atoms with E-state index in [0.29, 0.717) is 17.5 Å². The molecule has 52 heavy (non-hydrogen) atoms. The molecule has 5 nitrogen and oxygen atoms in total. The molecule has 0 bridgehead atoms. The van der Waals surface area contributed by atoms with Crippen LogP contribution in [0.5, 0.6) is 0 Å². The molecule has 2 aromatic heterocycles. The molecule has 0 spiro atoms. The summed E-state index contributed by atoms with van der Waals surface area (Å²) >= 11 is 0. The molecule has 0 N–H and O–H groups in total. The molecule has 9 rings (SSSR count). The predicted octanol–water partition coefficient (Wildman–Crippen LogP) is 11.7. The molecule has 1 aliphatic heterocycles. The molecule has 0 saturated carbocycles. The zero-order valence-corrected chi connectivity index (χ0v) is 29.0. The van der Waals surface area contributed by atoms with Gasteiger partial charge in [-0.3, -0.25) is 4.90 Å². The standard InChI is InChI=1S/C47H35N5/c1-47(2)39-26-14-16-28-41(39)52(42-29-17-15-27-40(42)47)46-38(30-35(31-48-46)37-25-13-12-24-36(37)32-18-6-3-7-19-32)45-50-43(33-20-8-4-9-21-33)49-44(51-45)34-22-10-5-11-23-34/h3-31H,1-2H3. The van der Waals surface area contributed by atoms with Crippen LogP contribution in [0.15, 0.2) is 176 Å². The highest BCUT2D eigenvalue weighted by molar-refractivity contribution is 5.93. The molecule has 0 radical (unpaired) electrons. The molecule has 0 amide bonds. The Bertz CT molecular complexity index is 2440. The molecule has 0 aliphatic carbocycles. The fourth-order valence-corrected chi connectivity index (χ4v) is 7.38. The summed E-state index contributed by atoms with van der Waals surface area (Å²) in [6, 6.07) is 58.7. The van der Waals surface area contributed by atoms with Crippen LogP contribution in [0.2, 0.25) is 0 Å². The van der Waals surface area contributed by atoms with Gasteiger partial charge < -0.3 is 0 Å². The average molecular weight is 670 g/mol. The lowest BCUT2D eigenvalue weighted by Crippen LogP contribution is -2.31. The molecule has 6 aromatic carbocycles. The Balaban J connectivity index is 1.34. The van der Waals surface area contributed by atoms with Gasteiger partial charge in [-0.05, 0) is 46.0 Å². The summed E-state index contributed by atoms with van der Waals surface area (Å²) in [5.41, 5.74) is 11.4. The summed E-state index contributed by atoms with van der Waals surface area (Å²) < 4.78 is 0. The van der Waals surface area contributed by atoms with E-state index in [2.05, 4.69) is 122 Å². The number of benzene rings is 6. The zero-order chi connectivity index (χ0) is 35.1. The van der Waals surface area contributed by atoms with Crippen molar-refractivity contribution in [2.45, 2.75) is 19.3 Å². The first kappa shape index (κ1) is 31.3. The van der Waals surface area contributed by atoms with Crippen molar-refractivity contribution in [3.63, 3.8) is 0 Å². The maximum Gasteiger partial charge on any atom is 0.167 e. The van der Waals surface area contributed by atoms with E-state index in [1.807, 2.05) is 72.9 Å². The Morgan fingerprint density at radius 1 is 0.404 bits per heavy atom. The molecule has 1 aliphatic rings. The lowest BCUT2D eigenvalue weighted by molar-refractivity contribution is 0.631. The van der Waals surface area contributed by atoms with E-state index in [4.69, 9.17) is 19.9 Å². The number of nitrogens with zero attached hydrogens (tertiary/aromatic N) is 5. The Labute approximate surface area is 304 Å². The van der Waals surface area contributed by atoms with Crippen molar-refractivity contribution >= 4 is 17.2 Å². The monoisotopic (exact) mass is 669 g/mol. The van der Waals surface area contributed by atoms with Crippen molar-refractivity contribution in [2.24, 2.45) is 0 Å². The number of para-hydroxylation sites is 2. The van der Waals surface area contributed by atoms with Gasteiger partial charge in [-0.1, -0.05) is 166 Å². The minimum absolute atomic E-state index is 0.216. The largest absolute Gasteiger partial charge is 0.294 e. The SMILES string of the molecule is CC1(C)c2ccccc2N(c2ncc(-c3ccccc3-c3ccccc3)cc2-c2nc(-c3ccccc3)nc(-c3ccccc3)n2)c2ccccc21. The van der Waals surface area contributed by atoms with Crippen LogP contribution < -0.4 is 4.90 Å². The van der Waals surface area contributed by atoms with Crippen molar-refractivity contribution in [2.75, 3.05) is 4.90 Å². The molecule has 0 atom stereocenters. The van der Waals surface area contributed by atoms with Gasteiger partial charge in [0.1, 0.15) is 5.82 Å². The van der Waals surface area contributed by atoms with Crippen LogP contribution in [0.3, 0.4) is 0 Å². The van der Waals surface area contributed by atoms with Crippen LogP contribution in [0.25, 0.3) is 56.4 Å². The fourth-order valence-electron chi connectivity index (χ4n) is 7.38. The Morgan fingerprint density at radius 3 is 1.37 bits per heavy atom. The highest BCUT2D eigenvalue weighted by atomic mass is 15.2. The summed E-state index contributed by atoms with van der Waals surface area (Å²) in [5, 5.41) is 0. The van der Waals surface area contributed by atoms with Crippen LogP contribution >= 0.6 is 0 Å². The third kappa shape index (κ3) is 5.44. The zero-order valence-electron chi connectivity index (χ0n) is 29.0. The molecular formula is C47H35N5. The summed E-state index contributed by atoms with van der Waals surface area (Å²) in [5.74, 6) is 2.51. The number of pyridine rings is 1. The summed E-state index contributed by atoms with van der Waals surface area (Å²) in [4.78, 5) is 23.1. The van der Waals surface area contributed by atoms with Crippen molar-refractivity contribution < 1.29 is 0 Å². The smallest absolute Gasteiger partial charge is 0.167 e. The van der Waals surface area contributed by atoms with Crippen molar-refractivity contribution in [1.29, 1.82) is 0 Å². The van der Waals surface area contributed by atoms with Gasteiger partial charge in [0.15, 0.2) is 17.5 Å². The number of fused-ring (bicyclic) bond motifs is 2. The highest BCUT2D eigenvalue weighted by Crippen LogP contribution is 2.53. The van der Waals surface area contributed by atoms with E-state index >= 15 is 0 Å². The van der Waals surface area contributed by atoms with E-state index in [1.54, 1.807) is 0 Å². The topological polar surface area (TPSA) is 54.8 Å². The molecule has 0 saturated heterocycles. The van der Waals surface area contributed by atoms with Gasteiger partial charge >= 0.3 is 0 Å². The summed E-state index contributed by atoms with van der Waals surface area (Å²) in [6.45, 7) is 4.59. The number of rotatable bonds is 6. The van der Waals surface area contributed by atoms with E-state index < -0.39 is 0 Å². The first-order valence-corrected chi connectivity index (χ1v) is 17.6. The van der Waals surface area contributed by atoms with Crippen LogP contribution in [0.4, 0.5) is 17.2 Å². The predicted molar refractivity (Wildman–Crippen MR) is 212 cm³/mol. The van der Waals surface area contributed by atoms with Crippen LogP contribution in [-0.2, 0) is 5.41 Å². The third-order valence-electron chi connectivity index (χ3n) is 9.98. The molecule has 3 heterocycles. The van der Waals surface area contributed by atoms with Crippen LogP contribution in [0.1, 0.15) is 25.0 Å². The molecule has 0 fully saturated rings. The van der Waals surface area contributed by atoms with Gasteiger partial charge in [0, 0.05) is 28.3 Å². The minimum Gasteiger partial charge on any atom is -0.294 e. The number of anilines is 3. The molecular weight excluding hydrogens is 635 g/mol. The van der Waals surface area contributed by atoms with Crippen molar-refractivity contribution in [3.05, 3.63) is 187 Å². The summed E-state index contributed by atoms with van der Waals surface area (Å²) in [6.07, 6.45) is 1.99. The van der Waals surface area contributed by atoms with E-state index in [1.165, 1.54) is 11.1 Å². The number of hydrogen-bond donors (Lipinski definition) is 0. The maximum atomic E-state index is 5.37.